The number of ether oxygens (including phenoxy) is 4. The van der Waals surface area contributed by atoms with Crippen LogP contribution in [0.2, 0.25) is 0 Å². The van der Waals surface area contributed by atoms with Crippen molar-refractivity contribution in [2.45, 2.75) is 6.10 Å². The summed E-state index contributed by atoms with van der Waals surface area (Å²) in [7, 11) is 4.57. The van der Waals surface area contributed by atoms with Crippen molar-refractivity contribution in [3.8, 4) is 34.1 Å². The highest BCUT2D eigenvalue weighted by Crippen LogP contribution is 2.53. The van der Waals surface area contributed by atoms with E-state index in [9.17, 15) is 4.79 Å². The fourth-order valence-corrected chi connectivity index (χ4v) is 2.91. The zero-order valence-corrected chi connectivity index (χ0v) is 13.6. The first-order valence-electron chi connectivity index (χ1n) is 7.29. The molecular formula is C18H17NO5. The minimum atomic E-state index is -0.930. The van der Waals surface area contributed by atoms with Crippen molar-refractivity contribution in [1.82, 2.24) is 0 Å². The molecule has 1 N–H and O–H groups in total. The average Bonchev–Trinajstić information content (AvgIpc) is 2.64. The van der Waals surface area contributed by atoms with Crippen molar-refractivity contribution in [3.05, 3.63) is 35.9 Å². The molecular weight excluding hydrogens is 310 g/mol. The average molecular weight is 327 g/mol. The van der Waals surface area contributed by atoms with Crippen molar-refractivity contribution in [2.75, 3.05) is 21.3 Å². The Hall–Kier alpha value is -3.02. The monoisotopic (exact) mass is 327 g/mol. The lowest BCUT2D eigenvalue weighted by Crippen LogP contribution is -2.24. The van der Waals surface area contributed by atoms with Crippen LogP contribution in [-0.2, 0) is 4.79 Å². The summed E-state index contributed by atoms with van der Waals surface area (Å²) >= 11 is 0. The maximum absolute atomic E-state index is 12.2. The highest BCUT2D eigenvalue weighted by atomic mass is 16.5. The molecule has 0 saturated heterocycles. The van der Waals surface area contributed by atoms with Crippen molar-refractivity contribution < 1.29 is 23.7 Å². The fraction of sp³-hybridized carbons (Fsp3) is 0.222. The third-order valence-corrected chi connectivity index (χ3v) is 3.94. The van der Waals surface area contributed by atoms with Gasteiger partial charge in [0, 0.05) is 16.7 Å². The Kier molecular flexibility index (Phi) is 4.12. The maximum Gasteiger partial charge on any atom is 0.218 e. The molecule has 6 heteroatoms. The van der Waals surface area contributed by atoms with Crippen LogP contribution >= 0.6 is 0 Å². The van der Waals surface area contributed by atoms with Gasteiger partial charge in [-0.05, 0) is 12.1 Å². The van der Waals surface area contributed by atoms with Gasteiger partial charge in [0.1, 0.15) is 5.75 Å². The van der Waals surface area contributed by atoms with Crippen molar-refractivity contribution in [3.63, 3.8) is 0 Å². The zero-order valence-electron chi connectivity index (χ0n) is 13.6. The molecule has 0 aromatic heterocycles. The van der Waals surface area contributed by atoms with E-state index in [2.05, 4.69) is 0 Å². The second-order valence-electron chi connectivity index (χ2n) is 5.15. The van der Waals surface area contributed by atoms with Gasteiger partial charge in [-0.2, -0.15) is 0 Å². The van der Waals surface area contributed by atoms with Gasteiger partial charge in [-0.1, -0.05) is 18.2 Å². The first-order valence-corrected chi connectivity index (χ1v) is 7.29. The lowest BCUT2D eigenvalue weighted by atomic mass is 9.89. The molecule has 1 unspecified atom stereocenters. The molecule has 124 valence electrons. The SMILES string of the molecule is COc1cc2c(c(OC)c1OC)-c1ccccc1OC2C(=O)C=N. The van der Waals surface area contributed by atoms with Crippen LogP contribution in [0.3, 0.4) is 0 Å². The summed E-state index contributed by atoms with van der Waals surface area (Å²) in [5.74, 6) is 1.43. The summed E-state index contributed by atoms with van der Waals surface area (Å²) in [6.07, 6.45) is -0.174. The minimum Gasteiger partial charge on any atom is -0.493 e. The summed E-state index contributed by atoms with van der Waals surface area (Å²) in [6.45, 7) is 0. The standard InChI is InChI=1S/C18H17NO5/c1-21-14-8-11-15(18(23-3)17(14)22-2)10-6-4-5-7-13(10)24-16(11)12(20)9-19/h4-9,16,19H,1-3H3. The van der Waals surface area contributed by atoms with Crippen LogP contribution in [0.4, 0.5) is 0 Å². The van der Waals surface area contributed by atoms with Crippen molar-refractivity contribution >= 4 is 12.0 Å². The topological polar surface area (TPSA) is 77.8 Å². The van der Waals surface area contributed by atoms with E-state index in [-0.39, 0.29) is 0 Å². The lowest BCUT2D eigenvalue weighted by molar-refractivity contribution is -0.119. The highest BCUT2D eigenvalue weighted by Gasteiger charge is 2.35. The maximum atomic E-state index is 12.2. The van der Waals surface area contributed by atoms with Gasteiger partial charge in [-0.25, -0.2) is 0 Å². The number of methoxy groups -OCH3 is 3. The third kappa shape index (κ3) is 2.27. The molecule has 3 rings (SSSR count). The molecule has 0 spiro atoms. The van der Waals surface area contributed by atoms with Gasteiger partial charge in [0.2, 0.25) is 11.5 Å². The van der Waals surface area contributed by atoms with E-state index in [0.717, 1.165) is 11.8 Å². The predicted molar refractivity (Wildman–Crippen MR) is 88.7 cm³/mol. The number of fused-ring (bicyclic) bond motifs is 3. The van der Waals surface area contributed by atoms with E-state index >= 15 is 0 Å². The number of hydrogen-bond donors (Lipinski definition) is 1. The van der Waals surface area contributed by atoms with Gasteiger partial charge in [0.05, 0.1) is 27.5 Å². The number of nitrogens with one attached hydrogen (secondary N) is 1. The number of para-hydroxylation sites is 1. The van der Waals surface area contributed by atoms with Gasteiger partial charge in [-0.3, -0.25) is 4.79 Å². The highest BCUT2D eigenvalue weighted by molar-refractivity contribution is 6.29. The summed E-state index contributed by atoms with van der Waals surface area (Å²) < 4.78 is 22.2. The van der Waals surface area contributed by atoms with Crippen LogP contribution in [0.1, 0.15) is 11.7 Å². The quantitative estimate of drug-likeness (QED) is 0.854. The van der Waals surface area contributed by atoms with E-state index in [1.165, 1.54) is 21.3 Å². The molecule has 1 aliphatic rings. The Morgan fingerprint density at radius 1 is 1.12 bits per heavy atom. The van der Waals surface area contributed by atoms with Crippen molar-refractivity contribution in [2.24, 2.45) is 0 Å². The lowest BCUT2D eigenvalue weighted by Gasteiger charge is -2.29. The normalized spacial score (nSPS) is 14.7. The molecule has 2 aromatic carbocycles. The Labute approximate surface area is 139 Å². The first-order chi connectivity index (χ1) is 11.7. The van der Waals surface area contributed by atoms with Crippen LogP contribution in [-0.4, -0.2) is 33.3 Å². The van der Waals surface area contributed by atoms with Gasteiger partial charge >= 0.3 is 0 Å². The van der Waals surface area contributed by atoms with Crippen LogP contribution < -0.4 is 18.9 Å². The van der Waals surface area contributed by atoms with Gasteiger partial charge in [0.25, 0.3) is 0 Å². The molecule has 24 heavy (non-hydrogen) atoms. The molecule has 0 radical (unpaired) electrons. The van der Waals surface area contributed by atoms with E-state index < -0.39 is 11.9 Å². The van der Waals surface area contributed by atoms with E-state index in [0.29, 0.717) is 34.1 Å². The summed E-state index contributed by atoms with van der Waals surface area (Å²) in [5, 5.41) is 7.30. The second-order valence-corrected chi connectivity index (χ2v) is 5.15. The smallest absolute Gasteiger partial charge is 0.218 e. The molecule has 0 bridgehead atoms. The molecule has 0 aliphatic carbocycles. The van der Waals surface area contributed by atoms with Gasteiger partial charge in [-0.15, -0.1) is 0 Å². The van der Waals surface area contributed by atoms with E-state index in [1.54, 1.807) is 12.1 Å². The fourth-order valence-electron chi connectivity index (χ4n) is 2.91. The molecule has 0 amide bonds. The Bertz CT molecular complexity index is 815. The molecule has 0 fully saturated rings. The number of carbonyl (C=O) groups excluding carboxylic acids is 1. The molecule has 1 aliphatic heterocycles. The zero-order chi connectivity index (χ0) is 17.3. The Morgan fingerprint density at radius 2 is 1.83 bits per heavy atom. The van der Waals surface area contributed by atoms with Crippen LogP contribution in [0.5, 0.6) is 23.0 Å². The van der Waals surface area contributed by atoms with Crippen molar-refractivity contribution in [1.29, 1.82) is 5.41 Å². The Morgan fingerprint density at radius 3 is 2.46 bits per heavy atom. The Balaban J connectivity index is 2.39. The molecule has 0 saturated carbocycles. The molecule has 1 heterocycles. The first kappa shape index (κ1) is 15.9. The molecule has 6 nitrogen and oxygen atoms in total. The van der Waals surface area contributed by atoms with Gasteiger partial charge < -0.3 is 24.4 Å². The molecule has 1 atom stereocenters. The number of rotatable bonds is 5. The van der Waals surface area contributed by atoms with Crippen LogP contribution in [0, 0.1) is 5.41 Å². The summed E-state index contributed by atoms with van der Waals surface area (Å²) in [5.41, 5.74) is 2.08. The van der Waals surface area contributed by atoms with E-state index in [4.69, 9.17) is 24.4 Å². The number of ketones is 1. The number of carbonyl (C=O) groups is 1. The minimum absolute atomic E-state index is 0.430. The largest absolute Gasteiger partial charge is 0.493 e. The van der Waals surface area contributed by atoms with Crippen LogP contribution in [0.15, 0.2) is 30.3 Å². The number of Topliss-reactive ketones (excluding diaryl/α,β-unsaturated/α-hetero) is 1. The number of hydrogen-bond acceptors (Lipinski definition) is 6. The third-order valence-electron chi connectivity index (χ3n) is 3.94. The van der Waals surface area contributed by atoms with Crippen LogP contribution in [0.25, 0.3) is 11.1 Å². The molecule has 2 aromatic rings. The summed E-state index contributed by atoms with van der Waals surface area (Å²) in [6, 6.07) is 9.05. The second kappa shape index (κ2) is 6.23. The number of benzene rings is 2. The summed E-state index contributed by atoms with van der Waals surface area (Å²) in [4.78, 5) is 12.2. The predicted octanol–water partition coefficient (Wildman–Crippen LogP) is 3.03. The van der Waals surface area contributed by atoms with E-state index in [1.807, 2.05) is 18.2 Å². The van der Waals surface area contributed by atoms with Gasteiger partial charge in [0.15, 0.2) is 17.6 Å².